The number of esters is 1. The molecule has 0 aromatic carbocycles. The van der Waals surface area contributed by atoms with Crippen LogP contribution in [0.4, 0.5) is 0 Å². The maximum absolute atomic E-state index is 12.0. The van der Waals surface area contributed by atoms with Crippen molar-refractivity contribution in [2.24, 2.45) is 0 Å². The van der Waals surface area contributed by atoms with E-state index in [1.807, 2.05) is 0 Å². The van der Waals surface area contributed by atoms with Crippen LogP contribution in [0.3, 0.4) is 0 Å². The van der Waals surface area contributed by atoms with E-state index in [9.17, 15) is 4.79 Å². The van der Waals surface area contributed by atoms with Crippen LogP contribution in [0.1, 0.15) is 27.2 Å². The Hall–Kier alpha value is 0.174. The van der Waals surface area contributed by atoms with Crippen LogP contribution in [0.25, 0.3) is 0 Å². The molecule has 1 saturated heterocycles. The van der Waals surface area contributed by atoms with E-state index >= 15 is 0 Å². The topological polar surface area (TPSA) is 54.0 Å². The predicted molar refractivity (Wildman–Crippen MR) is 144 cm³/mol. The summed E-state index contributed by atoms with van der Waals surface area (Å²) in [5, 5.41) is 0. The van der Waals surface area contributed by atoms with Gasteiger partial charge in [0.25, 0.3) is 0 Å². The minimum Gasteiger partial charge on any atom is -0.466 e. The highest BCUT2D eigenvalue weighted by Crippen LogP contribution is 2.49. The third-order valence-corrected chi connectivity index (χ3v) is 33.3. The summed E-state index contributed by atoms with van der Waals surface area (Å²) in [6.45, 7) is 32.7. The van der Waals surface area contributed by atoms with E-state index in [2.05, 4.69) is 85.9 Å². The largest absolute Gasteiger partial charge is 0.466 e. The lowest BCUT2D eigenvalue weighted by Gasteiger charge is -2.56. The number of carbonyl (C=O) groups is 1. The molecule has 0 saturated carbocycles. The zero-order chi connectivity index (χ0) is 24.7. The van der Waals surface area contributed by atoms with Crippen LogP contribution < -0.4 is 0 Å². The summed E-state index contributed by atoms with van der Waals surface area (Å²) in [5.41, 5.74) is 0.392. The van der Waals surface area contributed by atoms with Crippen LogP contribution >= 0.6 is 0 Å². The minimum absolute atomic E-state index is 0.210. The number of rotatable bonds is 9. The van der Waals surface area contributed by atoms with Gasteiger partial charge in [0.05, 0.1) is 11.8 Å². The summed E-state index contributed by atoms with van der Waals surface area (Å²) in [6, 6.07) is 1.10. The van der Waals surface area contributed by atoms with Crippen molar-refractivity contribution in [2.45, 2.75) is 110 Å². The van der Waals surface area contributed by atoms with Gasteiger partial charge >= 0.3 is 14.5 Å². The third kappa shape index (κ3) is 7.59. The smallest absolute Gasteiger partial charge is 0.332 e. The first-order chi connectivity index (χ1) is 13.6. The van der Waals surface area contributed by atoms with Gasteiger partial charge in [-0.05, 0) is 79.2 Å². The van der Waals surface area contributed by atoms with Gasteiger partial charge in [-0.2, -0.15) is 0 Å². The average molecular weight is 521 g/mol. The standard InChI is InChI=1S/C21H48O5Si5/c1-18(2)20(22)23-17-30(13)16-15-21(4,24-29(30,11)12)19(3)31(14,25-27(5,6)7)26-28(8,9)10/h19H,1,15-17H2,2-14H3. The molecule has 0 spiro atoms. The van der Waals surface area contributed by atoms with Crippen molar-refractivity contribution >= 4 is 46.6 Å². The van der Waals surface area contributed by atoms with E-state index < -0.39 is 40.6 Å². The van der Waals surface area contributed by atoms with E-state index in [0.29, 0.717) is 11.8 Å². The highest BCUT2D eigenvalue weighted by molar-refractivity contribution is 7.39. The Balaban J connectivity index is 3.18. The molecule has 0 aromatic heterocycles. The molecule has 0 aliphatic carbocycles. The molecule has 5 nitrogen and oxygen atoms in total. The lowest BCUT2D eigenvalue weighted by Crippen LogP contribution is -2.71. The molecule has 31 heavy (non-hydrogen) atoms. The van der Waals surface area contributed by atoms with Crippen molar-refractivity contribution in [3.05, 3.63) is 12.2 Å². The van der Waals surface area contributed by atoms with Crippen LogP contribution in [0.15, 0.2) is 12.2 Å². The molecule has 0 bridgehead atoms. The van der Waals surface area contributed by atoms with Crippen LogP contribution in [-0.4, -0.2) is 58.4 Å². The summed E-state index contributed by atoms with van der Waals surface area (Å²) in [7, 11) is -10.0. The molecule has 3 atom stereocenters. The van der Waals surface area contributed by atoms with Crippen molar-refractivity contribution in [1.82, 2.24) is 0 Å². The fourth-order valence-electron chi connectivity index (χ4n) is 4.45. The van der Waals surface area contributed by atoms with E-state index in [0.717, 1.165) is 12.5 Å². The quantitative estimate of drug-likeness (QED) is 0.201. The van der Waals surface area contributed by atoms with Crippen LogP contribution in [0.2, 0.25) is 77.1 Å². The highest BCUT2D eigenvalue weighted by Gasteiger charge is 2.60. The second-order valence-electron chi connectivity index (χ2n) is 12.5. The van der Waals surface area contributed by atoms with E-state index in [4.69, 9.17) is 17.4 Å². The molecule has 10 heteroatoms. The van der Waals surface area contributed by atoms with Gasteiger partial charge in [0.2, 0.25) is 0 Å². The monoisotopic (exact) mass is 520 g/mol. The fraction of sp³-hybridized carbons (Fsp3) is 0.857. The molecule has 1 heterocycles. The molecule has 1 aliphatic heterocycles. The summed E-state index contributed by atoms with van der Waals surface area (Å²) >= 11 is 0. The second kappa shape index (κ2) is 9.43. The van der Waals surface area contributed by atoms with Gasteiger partial charge in [0, 0.05) is 11.1 Å². The Morgan fingerprint density at radius 2 is 1.52 bits per heavy atom. The van der Waals surface area contributed by atoms with Gasteiger partial charge < -0.3 is 17.4 Å². The maximum Gasteiger partial charge on any atom is 0.332 e. The van der Waals surface area contributed by atoms with Gasteiger partial charge in [-0.25, -0.2) is 4.79 Å². The number of hydrogen-bond acceptors (Lipinski definition) is 5. The second-order valence-corrected chi connectivity index (χ2v) is 39.9. The van der Waals surface area contributed by atoms with Crippen molar-refractivity contribution in [2.75, 3.05) is 6.23 Å². The van der Waals surface area contributed by atoms with Gasteiger partial charge in [-0.1, -0.05) is 26.1 Å². The zero-order valence-corrected chi connectivity index (χ0v) is 27.4. The number of ether oxygens (including phenoxy) is 1. The lowest BCUT2D eigenvalue weighted by atomic mass is 10.00. The molecular weight excluding hydrogens is 473 g/mol. The summed E-state index contributed by atoms with van der Waals surface area (Å²) in [5.74, 6) is -0.285. The first-order valence-electron chi connectivity index (χ1n) is 11.5. The maximum atomic E-state index is 12.0. The highest BCUT2D eigenvalue weighted by atomic mass is 29.3. The van der Waals surface area contributed by atoms with Gasteiger partial charge in [0.15, 0.2) is 24.5 Å². The Kier molecular flexibility index (Phi) is 8.89. The van der Waals surface area contributed by atoms with E-state index in [1.165, 1.54) is 0 Å². The van der Waals surface area contributed by atoms with Crippen LogP contribution in [-0.2, 0) is 22.2 Å². The Bertz CT molecular complexity index is 669. The molecule has 182 valence electrons. The van der Waals surface area contributed by atoms with Gasteiger partial charge in [-0.3, -0.25) is 0 Å². The first-order valence-corrected chi connectivity index (χ1v) is 27.5. The van der Waals surface area contributed by atoms with Crippen LogP contribution in [0, 0.1) is 0 Å². The number of carbonyl (C=O) groups excluding carboxylic acids is 1. The molecule has 1 aliphatic rings. The van der Waals surface area contributed by atoms with Crippen molar-refractivity contribution in [3.63, 3.8) is 0 Å². The Morgan fingerprint density at radius 3 is 1.87 bits per heavy atom. The van der Waals surface area contributed by atoms with Gasteiger partial charge in [-0.15, -0.1) is 0 Å². The lowest BCUT2D eigenvalue weighted by molar-refractivity contribution is -0.137. The SMILES string of the molecule is C=C(C)C(=O)OC[Si]1(C)CCC(C)(C(C)[Si](C)(O[Si](C)(C)C)O[Si](C)(C)C)O[Si]1(C)C. The molecular formula is C21H48O5Si5. The van der Waals surface area contributed by atoms with Gasteiger partial charge in [0.1, 0.15) is 7.59 Å². The number of hydrogen-bond donors (Lipinski definition) is 0. The molecule has 0 aromatic rings. The molecule has 0 radical (unpaired) electrons. The van der Waals surface area contributed by atoms with Crippen molar-refractivity contribution in [3.8, 4) is 0 Å². The van der Waals surface area contributed by atoms with Crippen molar-refractivity contribution < 1.29 is 22.2 Å². The summed E-state index contributed by atoms with van der Waals surface area (Å²) in [6.07, 6.45) is 1.48. The molecule has 0 N–H and O–H groups in total. The minimum atomic E-state index is -2.50. The summed E-state index contributed by atoms with van der Waals surface area (Å²) < 4.78 is 26.5. The molecule has 1 fully saturated rings. The zero-order valence-electron chi connectivity index (χ0n) is 22.4. The van der Waals surface area contributed by atoms with Crippen molar-refractivity contribution in [1.29, 1.82) is 0 Å². The predicted octanol–water partition coefficient (Wildman–Crippen LogP) is 6.35. The normalized spacial score (nSPS) is 28.2. The first kappa shape index (κ1) is 29.2. The Labute approximate surface area is 196 Å². The third-order valence-electron chi connectivity index (χ3n) is 6.71. The molecule has 0 amide bonds. The molecule has 1 rings (SSSR count). The summed E-state index contributed by atoms with van der Waals surface area (Å²) in [4.78, 5) is 12.0. The van der Waals surface area contributed by atoms with E-state index in [-0.39, 0.29) is 17.1 Å². The fourth-order valence-corrected chi connectivity index (χ4v) is 26.7. The average Bonchev–Trinajstić information content (AvgIpc) is 2.52. The molecule has 3 unspecified atom stereocenters. The van der Waals surface area contributed by atoms with Crippen LogP contribution in [0.5, 0.6) is 0 Å². The Morgan fingerprint density at radius 1 is 1.06 bits per heavy atom. The van der Waals surface area contributed by atoms with E-state index in [1.54, 1.807) is 6.92 Å².